The number of ether oxygens (including phenoxy) is 2. The smallest absolute Gasteiger partial charge is 0.445 e. The maximum atomic E-state index is 11.2. The summed E-state index contributed by atoms with van der Waals surface area (Å²) in [5, 5.41) is 19.2. The third-order valence-corrected chi connectivity index (χ3v) is 4.48. The quantitative estimate of drug-likeness (QED) is 0.276. The van der Waals surface area contributed by atoms with Gasteiger partial charge in [0.2, 0.25) is 0 Å². The van der Waals surface area contributed by atoms with Gasteiger partial charge in [0.05, 0.1) is 0 Å². The number of phenols is 2. The summed E-state index contributed by atoms with van der Waals surface area (Å²) in [6, 6.07) is 7.64. The van der Waals surface area contributed by atoms with Gasteiger partial charge in [0.25, 0.3) is 6.29 Å². The number of rotatable bonds is 6. The van der Waals surface area contributed by atoms with Gasteiger partial charge in [-0.15, -0.1) is 0 Å². The third kappa shape index (κ3) is 5.52. The van der Waals surface area contributed by atoms with Gasteiger partial charge < -0.3 is 23.9 Å². The van der Waals surface area contributed by atoms with Crippen LogP contribution in [0.1, 0.15) is 17.2 Å². The van der Waals surface area contributed by atoms with E-state index in [9.17, 15) is 27.0 Å². The van der Waals surface area contributed by atoms with Crippen LogP contribution in [0.25, 0.3) is 6.08 Å². The van der Waals surface area contributed by atoms with Crippen LogP contribution in [0, 0.1) is 0 Å². The van der Waals surface area contributed by atoms with E-state index in [0.29, 0.717) is 11.8 Å². The standard InChI is InChI=1S/C16H14O12S2/c17-11-3-2-10(8-12(11)18)15-16(28-30(22,23)24)27-13-4-1-9(7-14(13)26-15)5-6-25-29(19,20)21/h1-8,15-18H,(H,19,20,21)(H,22,23,24)/b6-5+. The number of aromatic hydroxyl groups is 2. The van der Waals surface area contributed by atoms with E-state index >= 15 is 0 Å². The fraction of sp³-hybridized carbons (Fsp3) is 0.125. The van der Waals surface area contributed by atoms with Crippen molar-refractivity contribution in [3.05, 3.63) is 53.8 Å². The predicted octanol–water partition coefficient (Wildman–Crippen LogP) is 1.55. The van der Waals surface area contributed by atoms with Crippen LogP contribution < -0.4 is 9.47 Å². The highest BCUT2D eigenvalue weighted by Gasteiger charge is 2.37. The van der Waals surface area contributed by atoms with E-state index in [2.05, 4.69) is 8.37 Å². The number of phenolic OH excluding ortho intramolecular Hbond substituents is 2. The van der Waals surface area contributed by atoms with Crippen molar-refractivity contribution >= 4 is 26.9 Å². The van der Waals surface area contributed by atoms with Crippen molar-refractivity contribution in [2.24, 2.45) is 0 Å². The number of benzene rings is 2. The molecule has 162 valence electrons. The minimum Gasteiger partial charge on any atom is -0.504 e. The maximum Gasteiger partial charge on any atom is 0.445 e. The Morgan fingerprint density at radius 2 is 1.60 bits per heavy atom. The first-order valence-corrected chi connectivity index (χ1v) is 10.6. The number of hydrogen-bond acceptors (Lipinski definition) is 10. The second-order valence-electron chi connectivity index (χ2n) is 5.83. The summed E-state index contributed by atoms with van der Waals surface area (Å²) in [7, 11) is -9.62. The molecule has 2 aromatic carbocycles. The molecule has 14 heteroatoms. The lowest BCUT2D eigenvalue weighted by Crippen LogP contribution is -2.37. The van der Waals surface area contributed by atoms with Crippen molar-refractivity contribution in [1.29, 1.82) is 0 Å². The first kappa shape index (κ1) is 21.7. The second-order valence-corrected chi connectivity index (χ2v) is 7.93. The Morgan fingerprint density at radius 1 is 0.867 bits per heavy atom. The Kier molecular flexibility index (Phi) is 5.78. The fourth-order valence-electron chi connectivity index (χ4n) is 2.51. The Bertz CT molecular complexity index is 1190. The van der Waals surface area contributed by atoms with Gasteiger partial charge in [-0.25, -0.2) is 4.18 Å². The molecular formula is C16H14O12S2. The molecule has 0 amide bonds. The van der Waals surface area contributed by atoms with Crippen LogP contribution in [0.5, 0.6) is 23.0 Å². The summed E-state index contributed by atoms with van der Waals surface area (Å²) in [4.78, 5) is 0. The largest absolute Gasteiger partial charge is 0.504 e. The summed E-state index contributed by atoms with van der Waals surface area (Å²) in [6.07, 6.45) is -1.10. The SMILES string of the molecule is O=S(=O)(O)O/C=C/c1ccc2c(c1)OC(c1ccc(O)c(O)c1)C(OS(=O)(=O)O)O2. The van der Waals surface area contributed by atoms with Crippen LogP contribution in [0.3, 0.4) is 0 Å². The first-order valence-electron chi connectivity index (χ1n) is 7.88. The Morgan fingerprint density at radius 3 is 2.23 bits per heavy atom. The highest BCUT2D eigenvalue weighted by atomic mass is 32.3. The monoisotopic (exact) mass is 462 g/mol. The van der Waals surface area contributed by atoms with Gasteiger partial charge in [-0.1, -0.05) is 12.1 Å². The summed E-state index contributed by atoms with van der Waals surface area (Å²) >= 11 is 0. The van der Waals surface area contributed by atoms with Crippen LogP contribution in [-0.2, 0) is 29.2 Å². The highest BCUT2D eigenvalue weighted by molar-refractivity contribution is 7.81. The van der Waals surface area contributed by atoms with Crippen molar-refractivity contribution in [2.75, 3.05) is 0 Å². The molecule has 0 aliphatic carbocycles. The minimum atomic E-state index is -4.94. The summed E-state index contributed by atoms with van der Waals surface area (Å²) in [5.74, 6) is -0.867. The zero-order chi connectivity index (χ0) is 22.1. The van der Waals surface area contributed by atoms with Gasteiger partial charge in [0.15, 0.2) is 29.1 Å². The predicted molar refractivity (Wildman–Crippen MR) is 98.3 cm³/mol. The van der Waals surface area contributed by atoms with E-state index in [1.165, 1.54) is 30.3 Å². The molecule has 0 saturated carbocycles. The first-order chi connectivity index (χ1) is 13.9. The van der Waals surface area contributed by atoms with E-state index in [0.717, 1.165) is 12.1 Å². The molecule has 0 fully saturated rings. The Labute approximate surface area is 170 Å². The molecule has 2 unspecified atom stereocenters. The van der Waals surface area contributed by atoms with Crippen molar-refractivity contribution in [3.8, 4) is 23.0 Å². The van der Waals surface area contributed by atoms with Gasteiger partial charge in [0.1, 0.15) is 6.26 Å². The highest BCUT2D eigenvalue weighted by Crippen LogP contribution is 2.42. The molecule has 4 N–H and O–H groups in total. The van der Waals surface area contributed by atoms with Gasteiger partial charge in [-0.05, 0) is 35.9 Å². The van der Waals surface area contributed by atoms with Crippen molar-refractivity contribution in [1.82, 2.24) is 0 Å². The normalized spacial score (nSPS) is 19.0. The minimum absolute atomic E-state index is 0.0238. The van der Waals surface area contributed by atoms with Crippen LogP contribution in [0.15, 0.2) is 42.7 Å². The topological polar surface area (TPSA) is 186 Å². The molecule has 0 radical (unpaired) electrons. The van der Waals surface area contributed by atoms with Crippen LogP contribution >= 0.6 is 0 Å². The lowest BCUT2D eigenvalue weighted by molar-refractivity contribution is -0.0990. The number of hydrogen-bond donors (Lipinski definition) is 4. The van der Waals surface area contributed by atoms with Crippen LogP contribution in [-0.4, -0.2) is 42.4 Å². The zero-order valence-electron chi connectivity index (χ0n) is 14.6. The van der Waals surface area contributed by atoms with Crippen LogP contribution in [0.2, 0.25) is 0 Å². The molecule has 2 aromatic rings. The van der Waals surface area contributed by atoms with E-state index in [1.54, 1.807) is 0 Å². The fourth-order valence-corrected chi connectivity index (χ4v) is 3.08. The van der Waals surface area contributed by atoms with E-state index < -0.39 is 44.7 Å². The molecule has 3 rings (SSSR count). The van der Waals surface area contributed by atoms with E-state index in [4.69, 9.17) is 18.6 Å². The van der Waals surface area contributed by atoms with Crippen LogP contribution in [0.4, 0.5) is 0 Å². The molecule has 0 bridgehead atoms. The molecule has 12 nitrogen and oxygen atoms in total. The molecule has 2 atom stereocenters. The van der Waals surface area contributed by atoms with Gasteiger partial charge in [0, 0.05) is 5.56 Å². The molecule has 0 saturated heterocycles. The lowest BCUT2D eigenvalue weighted by atomic mass is 10.1. The molecule has 0 spiro atoms. The van der Waals surface area contributed by atoms with Gasteiger partial charge >= 0.3 is 20.8 Å². The van der Waals surface area contributed by atoms with Gasteiger partial charge in [-0.2, -0.15) is 16.8 Å². The number of fused-ring (bicyclic) bond motifs is 1. The summed E-state index contributed by atoms with van der Waals surface area (Å²) in [5.41, 5.74) is 0.489. The molecule has 1 aliphatic heterocycles. The van der Waals surface area contributed by atoms with Crippen molar-refractivity contribution < 1.29 is 54.0 Å². The summed E-state index contributed by atoms with van der Waals surface area (Å²) < 4.78 is 80.8. The molecular weight excluding hydrogens is 448 g/mol. The van der Waals surface area contributed by atoms with E-state index in [1.807, 2.05) is 0 Å². The maximum absolute atomic E-state index is 11.2. The second kappa shape index (κ2) is 8.00. The Hall–Kier alpha value is -3.04. The molecule has 1 heterocycles. The molecule has 0 aromatic heterocycles. The zero-order valence-corrected chi connectivity index (χ0v) is 16.3. The third-order valence-electron chi connectivity index (χ3n) is 3.69. The average Bonchev–Trinajstić information content (AvgIpc) is 2.61. The molecule has 30 heavy (non-hydrogen) atoms. The molecule has 1 aliphatic rings. The van der Waals surface area contributed by atoms with Crippen molar-refractivity contribution in [3.63, 3.8) is 0 Å². The lowest BCUT2D eigenvalue weighted by Gasteiger charge is -2.33. The van der Waals surface area contributed by atoms with E-state index in [-0.39, 0.29) is 17.1 Å². The van der Waals surface area contributed by atoms with Crippen molar-refractivity contribution in [2.45, 2.75) is 12.4 Å². The average molecular weight is 462 g/mol. The van der Waals surface area contributed by atoms with Gasteiger partial charge in [-0.3, -0.25) is 9.11 Å². The summed E-state index contributed by atoms with van der Waals surface area (Å²) in [6.45, 7) is 0. The Balaban J connectivity index is 1.95.